The Kier molecular flexibility index (Phi) is 6.60. The summed E-state index contributed by atoms with van der Waals surface area (Å²) in [6.07, 6.45) is 2.60. The summed E-state index contributed by atoms with van der Waals surface area (Å²) in [6.45, 7) is 2.01. The van der Waals surface area contributed by atoms with Gasteiger partial charge in [0.05, 0.1) is 19.1 Å². The quantitative estimate of drug-likeness (QED) is 0.660. The van der Waals surface area contributed by atoms with Crippen LogP contribution in [0.5, 0.6) is 0 Å². The molecule has 0 radical (unpaired) electrons. The SMILES string of the molecule is COC(=O)C(CNC(=O)[C@@H]1CC[C@H](CN)O1)C1CCOCC1. The van der Waals surface area contributed by atoms with Crippen molar-refractivity contribution >= 4 is 11.9 Å². The summed E-state index contributed by atoms with van der Waals surface area (Å²) in [5.74, 6) is -0.594. The second kappa shape index (κ2) is 8.45. The Hall–Kier alpha value is -1.18. The number of rotatable bonds is 6. The van der Waals surface area contributed by atoms with Gasteiger partial charge in [-0.05, 0) is 31.6 Å². The van der Waals surface area contributed by atoms with E-state index in [1.165, 1.54) is 7.11 Å². The molecular formula is C15H26N2O5. The first kappa shape index (κ1) is 17.2. The van der Waals surface area contributed by atoms with Gasteiger partial charge in [-0.1, -0.05) is 0 Å². The largest absolute Gasteiger partial charge is 0.469 e. The van der Waals surface area contributed by atoms with Crippen molar-refractivity contribution in [3.8, 4) is 0 Å². The molecule has 1 amide bonds. The van der Waals surface area contributed by atoms with Gasteiger partial charge in [0, 0.05) is 26.3 Å². The fourth-order valence-corrected chi connectivity index (χ4v) is 3.11. The van der Waals surface area contributed by atoms with E-state index in [2.05, 4.69) is 5.32 Å². The minimum Gasteiger partial charge on any atom is -0.469 e. The van der Waals surface area contributed by atoms with Crippen LogP contribution in [0.1, 0.15) is 25.7 Å². The molecular weight excluding hydrogens is 288 g/mol. The van der Waals surface area contributed by atoms with Gasteiger partial charge in [0.2, 0.25) is 5.91 Å². The van der Waals surface area contributed by atoms with Crippen LogP contribution in [0.2, 0.25) is 0 Å². The number of esters is 1. The van der Waals surface area contributed by atoms with Crippen molar-refractivity contribution in [1.82, 2.24) is 5.32 Å². The number of hydrogen-bond acceptors (Lipinski definition) is 6. The Balaban J connectivity index is 1.85. The number of hydrogen-bond donors (Lipinski definition) is 2. The van der Waals surface area contributed by atoms with E-state index >= 15 is 0 Å². The third kappa shape index (κ3) is 4.41. The van der Waals surface area contributed by atoms with Crippen molar-refractivity contribution in [3.63, 3.8) is 0 Å². The molecule has 2 rings (SSSR count). The minimum absolute atomic E-state index is 0.0392. The zero-order valence-electron chi connectivity index (χ0n) is 13.1. The maximum absolute atomic E-state index is 12.2. The molecule has 0 bridgehead atoms. The van der Waals surface area contributed by atoms with Gasteiger partial charge in [0.1, 0.15) is 6.10 Å². The number of carbonyl (C=O) groups excluding carboxylic acids is 2. The van der Waals surface area contributed by atoms with E-state index in [-0.39, 0.29) is 36.4 Å². The molecule has 2 saturated heterocycles. The number of amides is 1. The van der Waals surface area contributed by atoms with Gasteiger partial charge in [-0.2, -0.15) is 0 Å². The van der Waals surface area contributed by atoms with Crippen molar-refractivity contribution < 1.29 is 23.8 Å². The van der Waals surface area contributed by atoms with Crippen LogP contribution < -0.4 is 11.1 Å². The molecule has 22 heavy (non-hydrogen) atoms. The topological polar surface area (TPSA) is 99.9 Å². The number of carbonyl (C=O) groups is 2. The van der Waals surface area contributed by atoms with Gasteiger partial charge in [-0.25, -0.2) is 0 Å². The normalized spacial score (nSPS) is 27.4. The molecule has 0 aromatic heterocycles. The van der Waals surface area contributed by atoms with Gasteiger partial charge in [-0.3, -0.25) is 9.59 Å². The third-order valence-corrected chi connectivity index (χ3v) is 4.50. The lowest BCUT2D eigenvalue weighted by Crippen LogP contribution is -2.43. The fraction of sp³-hybridized carbons (Fsp3) is 0.867. The average molecular weight is 314 g/mol. The van der Waals surface area contributed by atoms with Crippen molar-refractivity contribution in [2.45, 2.75) is 37.9 Å². The van der Waals surface area contributed by atoms with E-state index in [4.69, 9.17) is 19.9 Å². The molecule has 1 unspecified atom stereocenters. The van der Waals surface area contributed by atoms with Crippen LogP contribution in [-0.2, 0) is 23.8 Å². The molecule has 7 heteroatoms. The highest BCUT2D eigenvalue weighted by Gasteiger charge is 2.33. The molecule has 0 aromatic carbocycles. The summed E-state index contributed by atoms with van der Waals surface area (Å²) in [6, 6.07) is 0. The predicted molar refractivity (Wildman–Crippen MR) is 79.0 cm³/mol. The molecule has 2 aliphatic heterocycles. The lowest BCUT2D eigenvalue weighted by atomic mass is 9.86. The Morgan fingerprint density at radius 2 is 2.00 bits per heavy atom. The second-order valence-corrected chi connectivity index (χ2v) is 5.88. The molecule has 0 aliphatic carbocycles. The number of methoxy groups -OCH3 is 1. The predicted octanol–water partition coefficient (Wildman–Crippen LogP) is -0.175. The van der Waals surface area contributed by atoms with E-state index in [9.17, 15) is 9.59 Å². The molecule has 126 valence electrons. The van der Waals surface area contributed by atoms with Crippen LogP contribution in [0.3, 0.4) is 0 Å². The number of nitrogens with two attached hydrogens (primary N) is 1. The first-order chi connectivity index (χ1) is 10.7. The van der Waals surface area contributed by atoms with E-state index in [1.807, 2.05) is 0 Å². The van der Waals surface area contributed by atoms with Crippen LogP contribution in [-0.4, -0.2) is 57.5 Å². The molecule has 2 fully saturated rings. The van der Waals surface area contributed by atoms with Crippen molar-refractivity contribution in [2.24, 2.45) is 17.6 Å². The lowest BCUT2D eigenvalue weighted by molar-refractivity contribution is -0.149. The highest BCUT2D eigenvalue weighted by Crippen LogP contribution is 2.25. The maximum Gasteiger partial charge on any atom is 0.310 e. The van der Waals surface area contributed by atoms with Crippen LogP contribution in [0, 0.1) is 11.8 Å². The number of ether oxygens (including phenoxy) is 3. The highest BCUT2D eigenvalue weighted by atomic mass is 16.5. The summed E-state index contributed by atoms with van der Waals surface area (Å²) in [5, 5.41) is 2.84. The van der Waals surface area contributed by atoms with Crippen LogP contribution in [0.15, 0.2) is 0 Å². The Morgan fingerprint density at radius 3 is 2.59 bits per heavy atom. The first-order valence-electron chi connectivity index (χ1n) is 7.94. The first-order valence-corrected chi connectivity index (χ1v) is 7.94. The highest BCUT2D eigenvalue weighted by molar-refractivity contribution is 5.82. The monoisotopic (exact) mass is 314 g/mol. The fourth-order valence-electron chi connectivity index (χ4n) is 3.11. The van der Waals surface area contributed by atoms with Gasteiger partial charge in [0.25, 0.3) is 0 Å². The molecule has 7 nitrogen and oxygen atoms in total. The third-order valence-electron chi connectivity index (χ3n) is 4.50. The Morgan fingerprint density at radius 1 is 1.27 bits per heavy atom. The van der Waals surface area contributed by atoms with Crippen molar-refractivity contribution in [1.29, 1.82) is 0 Å². The summed E-state index contributed by atoms with van der Waals surface area (Å²) in [4.78, 5) is 24.1. The molecule has 3 atom stereocenters. The van der Waals surface area contributed by atoms with Crippen molar-refractivity contribution in [2.75, 3.05) is 33.4 Å². The Bertz CT molecular complexity index is 384. The standard InChI is InChI=1S/C15H26N2O5/c1-20-15(19)12(10-4-6-21-7-5-10)9-17-14(18)13-3-2-11(8-16)22-13/h10-13H,2-9,16H2,1H3,(H,17,18)/t11-,12?,13+/m1/s1. The smallest absolute Gasteiger partial charge is 0.310 e. The van der Waals surface area contributed by atoms with E-state index in [0.717, 1.165) is 19.3 Å². The van der Waals surface area contributed by atoms with Crippen LogP contribution >= 0.6 is 0 Å². The molecule has 0 spiro atoms. The van der Waals surface area contributed by atoms with Gasteiger partial charge < -0.3 is 25.3 Å². The summed E-state index contributed by atoms with van der Waals surface area (Å²) < 4.78 is 15.8. The zero-order valence-corrected chi connectivity index (χ0v) is 13.1. The summed E-state index contributed by atoms with van der Waals surface area (Å²) >= 11 is 0. The van der Waals surface area contributed by atoms with Gasteiger partial charge in [-0.15, -0.1) is 0 Å². The summed E-state index contributed by atoms with van der Waals surface area (Å²) in [7, 11) is 1.38. The Labute approximate surface area is 130 Å². The molecule has 2 aliphatic rings. The van der Waals surface area contributed by atoms with Gasteiger partial charge in [0.15, 0.2) is 0 Å². The van der Waals surface area contributed by atoms with E-state index in [1.54, 1.807) is 0 Å². The van der Waals surface area contributed by atoms with Gasteiger partial charge >= 0.3 is 5.97 Å². The van der Waals surface area contributed by atoms with Crippen molar-refractivity contribution in [3.05, 3.63) is 0 Å². The van der Waals surface area contributed by atoms with E-state index < -0.39 is 6.10 Å². The molecule has 3 N–H and O–H groups in total. The molecule has 0 aromatic rings. The summed E-state index contributed by atoms with van der Waals surface area (Å²) in [5.41, 5.74) is 5.54. The van der Waals surface area contributed by atoms with E-state index in [0.29, 0.717) is 26.2 Å². The minimum atomic E-state index is -0.457. The average Bonchev–Trinajstić information content (AvgIpc) is 3.04. The van der Waals surface area contributed by atoms with Crippen LogP contribution in [0.25, 0.3) is 0 Å². The molecule has 0 saturated carbocycles. The lowest BCUT2D eigenvalue weighted by Gasteiger charge is -2.28. The number of nitrogens with one attached hydrogen (secondary N) is 1. The maximum atomic E-state index is 12.2. The zero-order chi connectivity index (χ0) is 15.9. The molecule has 2 heterocycles. The van der Waals surface area contributed by atoms with Crippen LogP contribution in [0.4, 0.5) is 0 Å². The second-order valence-electron chi connectivity index (χ2n) is 5.88.